The van der Waals surface area contributed by atoms with E-state index in [1.807, 2.05) is 20.8 Å². The minimum atomic E-state index is -3.12. The van der Waals surface area contributed by atoms with Crippen LogP contribution in [0.25, 0.3) is 0 Å². The minimum absolute atomic E-state index is 0.195. The Bertz CT molecular complexity index is 255. The fourth-order valence-electron chi connectivity index (χ4n) is 1.21. The van der Waals surface area contributed by atoms with Crippen LogP contribution in [0, 0.1) is 0 Å². The van der Waals surface area contributed by atoms with Crippen LogP contribution in [0.1, 0.15) is 40.5 Å². The first-order valence-electron chi connectivity index (χ1n) is 5.49. The van der Waals surface area contributed by atoms with Gasteiger partial charge in [-0.05, 0) is 46.7 Å². The lowest BCUT2D eigenvalue weighted by Crippen LogP contribution is -2.42. The van der Waals surface area contributed by atoms with Gasteiger partial charge in [-0.1, -0.05) is 6.92 Å². The molecule has 0 saturated carbocycles. The van der Waals surface area contributed by atoms with Crippen molar-refractivity contribution in [3.8, 4) is 0 Å². The molecule has 0 aromatic rings. The van der Waals surface area contributed by atoms with Crippen molar-refractivity contribution < 1.29 is 8.42 Å². The topological polar surface area (TPSA) is 58.2 Å². The van der Waals surface area contributed by atoms with Gasteiger partial charge in [0.25, 0.3) is 0 Å². The van der Waals surface area contributed by atoms with E-state index in [1.54, 1.807) is 0 Å². The monoisotopic (exact) mass is 236 g/mol. The zero-order valence-corrected chi connectivity index (χ0v) is 11.1. The van der Waals surface area contributed by atoms with Gasteiger partial charge in [0.15, 0.2) is 0 Å². The summed E-state index contributed by atoms with van der Waals surface area (Å²) in [6, 6.07) is 0. The summed E-state index contributed by atoms with van der Waals surface area (Å²) < 4.78 is 25.7. The highest BCUT2D eigenvalue weighted by Gasteiger charge is 2.18. The van der Waals surface area contributed by atoms with E-state index in [9.17, 15) is 8.42 Å². The molecule has 0 bridgehead atoms. The molecular formula is C10H24N2O2S. The third-order valence-electron chi connectivity index (χ3n) is 1.66. The first-order chi connectivity index (χ1) is 6.77. The Morgan fingerprint density at radius 2 is 1.73 bits per heavy atom. The van der Waals surface area contributed by atoms with Crippen LogP contribution in [-0.4, -0.2) is 32.8 Å². The van der Waals surface area contributed by atoms with Crippen molar-refractivity contribution in [2.24, 2.45) is 0 Å². The van der Waals surface area contributed by atoms with Crippen molar-refractivity contribution in [1.82, 2.24) is 10.0 Å². The van der Waals surface area contributed by atoms with E-state index >= 15 is 0 Å². The predicted octanol–water partition coefficient (Wildman–Crippen LogP) is 1.09. The van der Waals surface area contributed by atoms with Crippen LogP contribution in [0.4, 0.5) is 0 Å². The molecule has 0 fully saturated rings. The summed E-state index contributed by atoms with van der Waals surface area (Å²) in [7, 11) is -3.12. The van der Waals surface area contributed by atoms with E-state index in [0.29, 0.717) is 6.42 Å². The lowest BCUT2D eigenvalue weighted by molar-refractivity contribution is 0.489. The van der Waals surface area contributed by atoms with E-state index in [-0.39, 0.29) is 11.3 Å². The molecule has 0 unspecified atom stereocenters. The van der Waals surface area contributed by atoms with Gasteiger partial charge in [0.1, 0.15) is 0 Å². The van der Waals surface area contributed by atoms with Crippen LogP contribution in [-0.2, 0) is 10.0 Å². The summed E-state index contributed by atoms with van der Waals surface area (Å²) in [5.74, 6) is 0.195. The van der Waals surface area contributed by atoms with E-state index < -0.39 is 10.0 Å². The van der Waals surface area contributed by atoms with E-state index in [0.717, 1.165) is 19.5 Å². The molecule has 0 aromatic heterocycles. The highest BCUT2D eigenvalue weighted by atomic mass is 32.2. The molecular weight excluding hydrogens is 212 g/mol. The van der Waals surface area contributed by atoms with E-state index in [4.69, 9.17) is 0 Å². The van der Waals surface area contributed by atoms with Gasteiger partial charge >= 0.3 is 0 Å². The van der Waals surface area contributed by atoms with Gasteiger partial charge in [0.2, 0.25) is 10.0 Å². The zero-order valence-electron chi connectivity index (χ0n) is 10.3. The molecule has 0 aliphatic carbocycles. The van der Waals surface area contributed by atoms with Crippen molar-refractivity contribution >= 4 is 10.0 Å². The number of hydrogen-bond donors (Lipinski definition) is 2. The highest BCUT2D eigenvalue weighted by molar-refractivity contribution is 7.89. The lowest BCUT2D eigenvalue weighted by Gasteiger charge is -2.20. The molecule has 0 aromatic carbocycles. The van der Waals surface area contributed by atoms with Crippen molar-refractivity contribution in [2.75, 3.05) is 18.8 Å². The molecule has 15 heavy (non-hydrogen) atoms. The fraction of sp³-hybridized carbons (Fsp3) is 1.00. The molecule has 0 rings (SSSR count). The predicted molar refractivity (Wildman–Crippen MR) is 64.5 cm³/mol. The van der Waals surface area contributed by atoms with Crippen LogP contribution in [0.2, 0.25) is 0 Å². The maximum atomic E-state index is 11.5. The molecule has 4 nitrogen and oxygen atoms in total. The Morgan fingerprint density at radius 1 is 1.13 bits per heavy atom. The fourth-order valence-corrected chi connectivity index (χ4v) is 2.77. The summed E-state index contributed by atoms with van der Waals surface area (Å²) in [5.41, 5.74) is -0.379. The van der Waals surface area contributed by atoms with Crippen molar-refractivity contribution in [2.45, 2.75) is 46.1 Å². The normalized spacial score (nSPS) is 13.1. The van der Waals surface area contributed by atoms with Crippen LogP contribution in [0.3, 0.4) is 0 Å². The first kappa shape index (κ1) is 14.9. The molecule has 0 saturated heterocycles. The smallest absolute Gasteiger partial charge is 0.212 e. The van der Waals surface area contributed by atoms with E-state index in [1.165, 1.54) is 0 Å². The quantitative estimate of drug-likeness (QED) is 0.651. The average molecular weight is 236 g/mol. The van der Waals surface area contributed by atoms with E-state index in [2.05, 4.69) is 17.0 Å². The van der Waals surface area contributed by atoms with Gasteiger partial charge in [-0.25, -0.2) is 13.1 Å². The Balaban J connectivity index is 3.76. The van der Waals surface area contributed by atoms with Crippen LogP contribution < -0.4 is 10.0 Å². The number of sulfonamides is 1. The van der Waals surface area contributed by atoms with Gasteiger partial charge in [-0.3, -0.25) is 0 Å². The summed E-state index contributed by atoms with van der Waals surface area (Å²) in [5, 5.41) is 3.18. The lowest BCUT2D eigenvalue weighted by atomic mass is 10.1. The Labute approximate surface area is 93.9 Å². The van der Waals surface area contributed by atoms with Gasteiger partial charge in [-0.2, -0.15) is 0 Å². The summed E-state index contributed by atoms with van der Waals surface area (Å²) in [6.45, 7) is 9.34. The Hall–Kier alpha value is -0.130. The third-order valence-corrected chi connectivity index (χ3v) is 3.40. The summed E-state index contributed by atoms with van der Waals surface area (Å²) in [4.78, 5) is 0. The van der Waals surface area contributed by atoms with Crippen LogP contribution in [0.5, 0.6) is 0 Å². The van der Waals surface area contributed by atoms with Gasteiger partial charge in [-0.15, -0.1) is 0 Å². The number of rotatable bonds is 7. The molecule has 0 atom stereocenters. The average Bonchev–Trinajstić information content (AvgIpc) is 1.99. The van der Waals surface area contributed by atoms with Gasteiger partial charge < -0.3 is 5.32 Å². The largest absolute Gasteiger partial charge is 0.317 e. The number of nitrogens with one attached hydrogen (secondary N) is 2. The molecule has 92 valence electrons. The molecule has 0 radical (unpaired) electrons. The SMILES string of the molecule is CCCNCCCS(=O)(=O)NC(C)(C)C. The van der Waals surface area contributed by atoms with Gasteiger partial charge in [0.05, 0.1) is 5.75 Å². The van der Waals surface area contributed by atoms with Crippen molar-refractivity contribution in [3.05, 3.63) is 0 Å². The molecule has 0 aliphatic rings. The minimum Gasteiger partial charge on any atom is -0.317 e. The molecule has 0 amide bonds. The molecule has 0 heterocycles. The summed E-state index contributed by atoms with van der Waals surface area (Å²) >= 11 is 0. The zero-order chi connectivity index (χ0) is 11.9. The standard InChI is InChI=1S/C10H24N2O2S/c1-5-7-11-8-6-9-15(13,14)12-10(2,3)4/h11-12H,5-9H2,1-4H3. The van der Waals surface area contributed by atoms with Crippen LogP contribution in [0.15, 0.2) is 0 Å². The van der Waals surface area contributed by atoms with Gasteiger partial charge in [0, 0.05) is 5.54 Å². The molecule has 0 spiro atoms. The Morgan fingerprint density at radius 3 is 2.20 bits per heavy atom. The summed E-state index contributed by atoms with van der Waals surface area (Å²) in [6.07, 6.45) is 1.73. The highest BCUT2D eigenvalue weighted by Crippen LogP contribution is 2.02. The second-order valence-electron chi connectivity index (χ2n) is 4.77. The molecule has 5 heteroatoms. The maximum absolute atomic E-state index is 11.5. The molecule has 2 N–H and O–H groups in total. The van der Waals surface area contributed by atoms with Crippen molar-refractivity contribution in [1.29, 1.82) is 0 Å². The second kappa shape index (κ2) is 6.45. The first-order valence-corrected chi connectivity index (χ1v) is 7.14. The van der Waals surface area contributed by atoms with Crippen LogP contribution >= 0.6 is 0 Å². The Kier molecular flexibility index (Phi) is 6.40. The number of hydrogen-bond acceptors (Lipinski definition) is 3. The van der Waals surface area contributed by atoms with Crippen molar-refractivity contribution in [3.63, 3.8) is 0 Å². The molecule has 0 aliphatic heterocycles. The second-order valence-corrected chi connectivity index (χ2v) is 6.62. The maximum Gasteiger partial charge on any atom is 0.212 e. The third kappa shape index (κ3) is 10.2.